The van der Waals surface area contributed by atoms with Crippen LogP contribution in [0.4, 0.5) is 5.69 Å². The molecular weight excluding hydrogens is 330 g/mol. The molecule has 1 amide bonds. The zero-order chi connectivity index (χ0) is 15.1. The number of aryl methyl sites for hydroxylation is 1. The van der Waals surface area contributed by atoms with Crippen LogP contribution >= 0.6 is 15.9 Å². The molecule has 0 aliphatic rings. The quantitative estimate of drug-likeness (QED) is 0.843. The smallest absolute Gasteiger partial charge is 0.222 e. The van der Waals surface area contributed by atoms with E-state index in [1.54, 1.807) is 12.4 Å². The Morgan fingerprint density at radius 1 is 1.33 bits per heavy atom. The van der Waals surface area contributed by atoms with Crippen LogP contribution in [0, 0.1) is 6.92 Å². The van der Waals surface area contributed by atoms with Crippen molar-refractivity contribution in [1.29, 1.82) is 0 Å². The average Bonchev–Trinajstić information content (AvgIpc) is 2.48. The molecule has 0 spiro atoms. The van der Waals surface area contributed by atoms with Crippen LogP contribution in [0.1, 0.15) is 17.5 Å². The van der Waals surface area contributed by atoms with Gasteiger partial charge in [-0.3, -0.25) is 9.78 Å². The summed E-state index contributed by atoms with van der Waals surface area (Å²) in [4.78, 5) is 15.8. The monoisotopic (exact) mass is 347 g/mol. The van der Waals surface area contributed by atoms with Gasteiger partial charge in [0.1, 0.15) is 0 Å². The number of carbonyl (C=O) groups excluding carboxylic acids is 1. The van der Waals surface area contributed by atoms with Gasteiger partial charge in [-0.1, -0.05) is 12.1 Å². The number of hydrogen-bond donors (Lipinski definition) is 2. The van der Waals surface area contributed by atoms with Gasteiger partial charge in [-0.2, -0.15) is 0 Å². The number of nitrogens with one attached hydrogen (secondary N) is 2. The van der Waals surface area contributed by atoms with E-state index in [1.807, 2.05) is 37.3 Å². The second-order valence-corrected chi connectivity index (χ2v) is 5.65. The summed E-state index contributed by atoms with van der Waals surface area (Å²) in [5, 5.41) is 6.13. The Balaban J connectivity index is 1.72. The minimum atomic E-state index is 0.0228. The molecule has 21 heavy (non-hydrogen) atoms. The van der Waals surface area contributed by atoms with Crippen molar-refractivity contribution in [1.82, 2.24) is 10.3 Å². The Morgan fingerprint density at radius 3 is 2.90 bits per heavy atom. The first kappa shape index (κ1) is 15.5. The van der Waals surface area contributed by atoms with Crippen LogP contribution in [0.2, 0.25) is 0 Å². The first-order valence-corrected chi connectivity index (χ1v) is 7.60. The first-order chi connectivity index (χ1) is 10.1. The third-order valence-electron chi connectivity index (χ3n) is 3.00. The highest BCUT2D eigenvalue weighted by atomic mass is 79.9. The largest absolute Gasteiger partial charge is 0.384 e. The average molecular weight is 348 g/mol. The fourth-order valence-corrected chi connectivity index (χ4v) is 2.50. The maximum Gasteiger partial charge on any atom is 0.222 e. The van der Waals surface area contributed by atoms with Crippen molar-refractivity contribution >= 4 is 27.5 Å². The number of halogens is 1. The van der Waals surface area contributed by atoms with Gasteiger partial charge in [0.15, 0.2) is 0 Å². The number of hydrogen-bond acceptors (Lipinski definition) is 3. The molecule has 2 N–H and O–H groups in total. The number of carbonyl (C=O) groups is 1. The summed E-state index contributed by atoms with van der Waals surface area (Å²) >= 11 is 3.51. The number of rotatable bonds is 6. The van der Waals surface area contributed by atoms with Crippen LogP contribution in [0.5, 0.6) is 0 Å². The van der Waals surface area contributed by atoms with Gasteiger partial charge in [-0.05, 0) is 52.2 Å². The topological polar surface area (TPSA) is 54.0 Å². The molecule has 4 nitrogen and oxygen atoms in total. The van der Waals surface area contributed by atoms with Crippen molar-refractivity contribution in [2.24, 2.45) is 0 Å². The number of nitrogens with zero attached hydrogens (tertiary/aromatic N) is 1. The molecule has 0 bridgehead atoms. The predicted octanol–water partition coefficient (Wildman–Crippen LogP) is 3.27. The molecular formula is C16H18BrN3O. The lowest BCUT2D eigenvalue weighted by Crippen LogP contribution is -2.24. The van der Waals surface area contributed by atoms with E-state index < -0.39 is 0 Å². The molecule has 0 saturated heterocycles. The van der Waals surface area contributed by atoms with Gasteiger partial charge in [-0.25, -0.2) is 0 Å². The molecule has 1 heterocycles. The Morgan fingerprint density at radius 2 is 2.19 bits per heavy atom. The van der Waals surface area contributed by atoms with Crippen molar-refractivity contribution in [2.75, 3.05) is 11.9 Å². The lowest BCUT2D eigenvalue weighted by Gasteiger charge is -2.09. The van der Waals surface area contributed by atoms with Crippen LogP contribution < -0.4 is 10.6 Å². The molecule has 2 aromatic rings. The van der Waals surface area contributed by atoms with Crippen molar-refractivity contribution in [3.8, 4) is 0 Å². The van der Waals surface area contributed by atoms with E-state index in [0.717, 1.165) is 15.7 Å². The van der Waals surface area contributed by atoms with E-state index >= 15 is 0 Å². The highest BCUT2D eigenvalue weighted by molar-refractivity contribution is 9.10. The summed E-state index contributed by atoms with van der Waals surface area (Å²) < 4.78 is 1.01. The second kappa shape index (κ2) is 7.78. The molecule has 110 valence electrons. The first-order valence-electron chi connectivity index (χ1n) is 6.81. The predicted molar refractivity (Wildman–Crippen MR) is 88.1 cm³/mol. The maximum atomic E-state index is 11.8. The van der Waals surface area contributed by atoms with Crippen LogP contribution in [-0.2, 0) is 11.3 Å². The van der Waals surface area contributed by atoms with Crippen LogP contribution in [0.15, 0.2) is 47.2 Å². The van der Waals surface area contributed by atoms with Gasteiger partial charge < -0.3 is 10.6 Å². The number of amides is 1. The molecule has 0 unspecified atom stereocenters. The molecule has 0 radical (unpaired) electrons. The summed E-state index contributed by atoms with van der Waals surface area (Å²) in [7, 11) is 0. The Bertz CT molecular complexity index is 602. The normalized spacial score (nSPS) is 10.2. The SMILES string of the molecule is Cc1ccc(NCCC(=O)NCc2cccnc2)c(Br)c1. The molecule has 0 aliphatic carbocycles. The minimum absolute atomic E-state index is 0.0228. The van der Waals surface area contributed by atoms with Crippen molar-refractivity contribution in [2.45, 2.75) is 19.9 Å². The molecule has 0 atom stereocenters. The zero-order valence-corrected chi connectivity index (χ0v) is 13.5. The molecule has 5 heteroatoms. The molecule has 0 fully saturated rings. The molecule has 1 aromatic heterocycles. The third-order valence-corrected chi connectivity index (χ3v) is 3.66. The lowest BCUT2D eigenvalue weighted by atomic mass is 10.2. The number of aromatic nitrogens is 1. The number of pyridine rings is 1. The van der Waals surface area contributed by atoms with E-state index in [0.29, 0.717) is 19.5 Å². The van der Waals surface area contributed by atoms with Crippen molar-refractivity contribution in [3.05, 3.63) is 58.3 Å². The van der Waals surface area contributed by atoms with Crippen LogP contribution in [-0.4, -0.2) is 17.4 Å². The minimum Gasteiger partial charge on any atom is -0.384 e. The number of anilines is 1. The summed E-state index contributed by atoms with van der Waals surface area (Å²) in [6.07, 6.45) is 3.90. The van der Waals surface area contributed by atoms with E-state index in [4.69, 9.17) is 0 Å². The van der Waals surface area contributed by atoms with E-state index in [-0.39, 0.29) is 5.91 Å². The van der Waals surface area contributed by atoms with E-state index in [9.17, 15) is 4.79 Å². The Kier molecular flexibility index (Phi) is 5.75. The highest BCUT2D eigenvalue weighted by Crippen LogP contribution is 2.23. The van der Waals surface area contributed by atoms with E-state index in [2.05, 4.69) is 31.5 Å². The summed E-state index contributed by atoms with van der Waals surface area (Å²) in [6.45, 7) is 3.15. The van der Waals surface area contributed by atoms with Gasteiger partial charge in [0, 0.05) is 42.1 Å². The molecule has 1 aromatic carbocycles. The van der Waals surface area contributed by atoms with E-state index in [1.165, 1.54) is 5.56 Å². The Labute approximate surface area is 133 Å². The van der Waals surface area contributed by atoms with Gasteiger partial charge in [0.2, 0.25) is 5.91 Å². The number of benzene rings is 1. The van der Waals surface area contributed by atoms with Crippen molar-refractivity contribution < 1.29 is 4.79 Å². The fraction of sp³-hybridized carbons (Fsp3) is 0.250. The summed E-state index contributed by atoms with van der Waals surface area (Å²) in [5.74, 6) is 0.0228. The molecule has 0 saturated carbocycles. The standard InChI is InChI=1S/C16H18BrN3O/c1-12-4-5-15(14(17)9-12)19-8-6-16(21)20-11-13-3-2-7-18-10-13/h2-5,7,9-10,19H,6,8,11H2,1H3,(H,20,21). The summed E-state index contributed by atoms with van der Waals surface area (Å²) in [5.41, 5.74) is 3.20. The Hall–Kier alpha value is -1.88. The van der Waals surface area contributed by atoms with Gasteiger partial charge in [0.05, 0.1) is 0 Å². The second-order valence-electron chi connectivity index (χ2n) is 4.80. The van der Waals surface area contributed by atoms with Gasteiger partial charge >= 0.3 is 0 Å². The third kappa shape index (κ3) is 5.19. The maximum absolute atomic E-state index is 11.8. The fourth-order valence-electron chi connectivity index (χ4n) is 1.87. The molecule has 2 rings (SSSR count). The van der Waals surface area contributed by atoms with Crippen LogP contribution in [0.3, 0.4) is 0 Å². The highest BCUT2D eigenvalue weighted by Gasteiger charge is 2.03. The van der Waals surface area contributed by atoms with Gasteiger partial charge in [-0.15, -0.1) is 0 Å². The van der Waals surface area contributed by atoms with Gasteiger partial charge in [0.25, 0.3) is 0 Å². The van der Waals surface area contributed by atoms with Crippen LogP contribution in [0.25, 0.3) is 0 Å². The van der Waals surface area contributed by atoms with Crippen molar-refractivity contribution in [3.63, 3.8) is 0 Å². The lowest BCUT2D eigenvalue weighted by molar-refractivity contribution is -0.121. The molecule has 0 aliphatic heterocycles. The zero-order valence-electron chi connectivity index (χ0n) is 11.9. The summed E-state index contributed by atoms with van der Waals surface area (Å²) in [6, 6.07) is 9.89.